The molecular formula is C21H18O2. The second kappa shape index (κ2) is 4.88. The lowest BCUT2D eigenvalue weighted by Gasteiger charge is -2.29. The van der Waals surface area contributed by atoms with Gasteiger partial charge in [0, 0.05) is 11.0 Å². The van der Waals surface area contributed by atoms with Crippen LogP contribution >= 0.6 is 0 Å². The molecule has 23 heavy (non-hydrogen) atoms. The Kier molecular flexibility index (Phi) is 2.95. The SMILES string of the molecule is COc1ccc(O)c(C2(C)c3ccccc3-c3ccccc32)c1. The molecule has 1 aliphatic rings. The maximum absolute atomic E-state index is 10.6. The van der Waals surface area contributed by atoms with Crippen molar-refractivity contribution in [3.05, 3.63) is 83.4 Å². The standard InChI is InChI=1S/C21H18O2/c1-21(19-13-14(23-2)11-12-20(19)22)17-9-5-3-7-15(17)16-8-4-6-10-18(16)21/h3-13,22H,1-2H3. The van der Waals surface area contributed by atoms with Crippen molar-refractivity contribution in [3.63, 3.8) is 0 Å². The third-order valence-electron chi connectivity index (χ3n) is 4.96. The summed E-state index contributed by atoms with van der Waals surface area (Å²) in [4.78, 5) is 0. The summed E-state index contributed by atoms with van der Waals surface area (Å²) in [5, 5.41) is 10.6. The fourth-order valence-corrected chi connectivity index (χ4v) is 3.79. The van der Waals surface area contributed by atoms with Gasteiger partial charge in [0.2, 0.25) is 0 Å². The fourth-order valence-electron chi connectivity index (χ4n) is 3.79. The zero-order valence-electron chi connectivity index (χ0n) is 13.2. The number of ether oxygens (including phenoxy) is 1. The molecule has 3 aromatic rings. The average molecular weight is 302 g/mol. The molecule has 0 unspecified atom stereocenters. The molecular weight excluding hydrogens is 284 g/mol. The summed E-state index contributed by atoms with van der Waals surface area (Å²) < 4.78 is 5.38. The monoisotopic (exact) mass is 302 g/mol. The predicted octanol–water partition coefficient (Wildman–Crippen LogP) is 4.74. The largest absolute Gasteiger partial charge is 0.508 e. The molecule has 0 aromatic heterocycles. The van der Waals surface area contributed by atoms with Gasteiger partial charge in [-0.15, -0.1) is 0 Å². The van der Waals surface area contributed by atoms with E-state index in [0.29, 0.717) is 5.75 Å². The van der Waals surface area contributed by atoms with Crippen molar-refractivity contribution in [1.82, 2.24) is 0 Å². The lowest BCUT2D eigenvalue weighted by molar-refractivity contribution is 0.408. The van der Waals surface area contributed by atoms with Crippen molar-refractivity contribution in [3.8, 4) is 22.6 Å². The maximum Gasteiger partial charge on any atom is 0.120 e. The van der Waals surface area contributed by atoms with Crippen molar-refractivity contribution in [2.24, 2.45) is 0 Å². The van der Waals surface area contributed by atoms with Gasteiger partial charge in [0.1, 0.15) is 11.5 Å². The highest BCUT2D eigenvalue weighted by atomic mass is 16.5. The first-order chi connectivity index (χ1) is 11.2. The van der Waals surface area contributed by atoms with Crippen LogP contribution in [-0.2, 0) is 5.41 Å². The highest BCUT2D eigenvalue weighted by Crippen LogP contribution is 2.54. The van der Waals surface area contributed by atoms with Crippen molar-refractivity contribution in [2.45, 2.75) is 12.3 Å². The zero-order valence-corrected chi connectivity index (χ0v) is 13.2. The van der Waals surface area contributed by atoms with E-state index in [2.05, 4.69) is 55.5 Å². The molecule has 1 aliphatic carbocycles. The van der Waals surface area contributed by atoms with Gasteiger partial charge in [-0.3, -0.25) is 0 Å². The van der Waals surface area contributed by atoms with Crippen LogP contribution in [0.15, 0.2) is 66.7 Å². The zero-order chi connectivity index (χ0) is 16.0. The van der Waals surface area contributed by atoms with Crippen LogP contribution in [0.2, 0.25) is 0 Å². The number of phenols is 1. The van der Waals surface area contributed by atoms with Gasteiger partial charge >= 0.3 is 0 Å². The molecule has 0 saturated heterocycles. The molecule has 0 radical (unpaired) electrons. The Labute approximate surface area is 136 Å². The van der Waals surface area contributed by atoms with Gasteiger partial charge in [-0.1, -0.05) is 48.5 Å². The van der Waals surface area contributed by atoms with Gasteiger partial charge in [-0.25, -0.2) is 0 Å². The maximum atomic E-state index is 10.6. The molecule has 0 saturated carbocycles. The van der Waals surface area contributed by atoms with Gasteiger partial charge in [0.05, 0.1) is 7.11 Å². The molecule has 0 aliphatic heterocycles. The highest BCUT2D eigenvalue weighted by molar-refractivity contribution is 5.83. The van der Waals surface area contributed by atoms with E-state index in [1.807, 2.05) is 6.07 Å². The van der Waals surface area contributed by atoms with Crippen molar-refractivity contribution >= 4 is 0 Å². The summed E-state index contributed by atoms with van der Waals surface area (Å²) in [5.74, 6) is 1.04. The van der Waals surface area contributed by atoms with E-state index in [1.54, 1.807) is 19.2 Å². The van der Waals surface area contributed by atoms with Crippen LogP contribution < -0.4 is 4.74 Å². The number of methoxy groups -OCH3 is 1. The molecule has 0 spiro atoms. The minimum atomic E-state index is -0.397. The minimum Gasteiger partial charge on any atom is -0.508 e. The van der Waals surface area contributed by atoms with E-state index in [0.717, 1.165) is 11.3 Å². The lowest BCUT2D eigenvalue weighted by Crippen LogP contribution is -2.22. The molecule has 0 atom stereocenters. The first-order valence-corrected chi connectivity index (χ1v) is 7.73. The van der Waals surface area contributed by atoms with Gasteiger partial charge in [-0.05, 0) is 47.4 Å². The number of hydrogen-bond acceptors (Lipinski definition) is 2. The quantitative estimate of drug-likeness (QED) is 0.741. The Bertz CT molecular complexity index is 850. The molecule has 0 heterocycles. The van der Waals surface area contributed by atoms with Gasteiger partial charge in [-0.2, -0.15) is 0 Å². The summed E-state index contributed by atoms with van der Waals surface area (Å²) in [5.41, 5.74) is 5.36. The Morgan fingerprint density at radius 3 is 1.91 bits per heavy atom. The van der Waals surface area contributed by atoms with Crippen LogP contribution in [0.4, 0.5) is 0 Å². The molecule has 1 N–H and O–H groups in total. The van der Waals surface area contributed by atoms with Gasteiger partial charge in [0.15, 0.2) is 0 Å². The lowest BCUT2D eigenvalue weighted by atomic mass is 9.74. The van der Waals surface area contributed by atoms with Crippen LogP contribution in [-0.4, -0.2) is 12.2 Å². The summed E-state index contributed by atoms with van der Waals surface area (Å²) in [6.45, 7) is 2.17. The van der Waals surface area contributed by atoms with Gasteiger partial charge in [0.25, 0.3) is 0 Å². The van der Waals surface area contributed by atoms with Crippen molar-refractivity contribution in [2.75, 3.05) is 7.11 Å². The number of rotatable bonds is 2. The number of aromatic hydroxyl groups is 1. The number of hydrogen-bond donors (Lipinski definition) is 1. The van der Waals surface area contributed by atoms with E-state index in [9.17, 15) is 5.11 Å². The van der Waals surface area contributed by atoms with Crippen molar-refractivity contribution < 1.29 is 9.84 Å². The summed E-state index contributed by atoms with van der Waals surface area (Å²) in [6.07, 6.45) is 0. The summed E-state index contributed by atoms with van der Waals surface area (Å²) in [7, 11) is 1.65. The number of fused-ring (bicyclic) bond motifs is 3. The van der Waals surface area contributed by atoms with Crippen LogP contribution in [0.5, 0.6) is 11.5 Å². The van der Waals surface area contributed by atoms with E-state index in [1.165, 1.54) is 22.3 Å². The average Bonchev–Trinajstić information content (AvgIpc) is 2.86. The van der Waals surface area contributed by atoms with Crippen LogP contribution in [0, 0.1) is 0 Å². The van der Waals surface area contributed by atoms with E-state index >= 15 is 0 Å². The van der Waals surface area contributed by atoms with Crippen LogP contribution in [0.25, 0.3) is 11.1 Å². The Balaban J connectivity index is 2.08. The number of phenolic OH excluding ortho intramolecular Hbond substituents is 1. The predicted molar refractivity (Wildman–Crippen MR) is 92.1 cm³/mol. The van der Waals surface area contributed by atoms with Crippen LogP contribution in [0.1, 0.15) is 23.6 Å². The Morgan fingerprint density at radius 2 is 1.35 bits per heavy atom. The van der Waals surface area contributed by atoms with E-state index in [-0.39, 0.29) is 0 Å². The summed E-state index contributed by atoms with van der Waals surface area (Å²) in [6, 6.07) is 22.3. The minimum absolute atomic E-state index is 0.291. The first kappa shape index (κ1) is 13.9. The van der Waals surface area contributed by atoms with Gasteiger partial charge < -0.3 is 9.84 Å². The summed E-state index contributed by atoms with van der Waals surface area (Å²) >= 11 is 0. The number of benzene rings is 3. The molecule has 3 aromatic carbocycles. The van der Waals surface area contributed by atoms with Crippen molar-refractivity contribution in [1.29, 1.82) is 0 Å². The second-order valence-corrected chi connectivity index (χ2v) is 6.10. The fraction of sp³-hybridized carbons (Fsp3) is 0.143. The third-order valence-corrected chi connectivity index (χ3v) is 4.96. The normalized spacial score (nSPS) is 14.2. The molecule has 0 fully saturated rings. The molecule has 2 heteroatoms. The molecule has 0 amide bonds. The van der Waals surface area contributed by atoms with E-state index < -0.39 is 5.41 Å². The van der Waals surface area contributed by atoms with E-state index in [4.69, 9.17) is 4.74 Å². The Morgan fingerprint density at radius 1 is 0.783 bits per heavy atom. The smallest absolute Gasteiger partial charge is 0.120 e. The molecule has 114 valence electrons. The molecule has 4 rings (SSSR count). The topological polar surface area (TPSA) is 29.5 Å². The second-order valence-electron chi connectivity index (χ2n) is 6.10. The Hall–Kier alpha value is -2.74. The highest BCUT2D eigenvalue weighted by Gasteiger charge is 2.42. The molecule has 0 bridgehead atoms. The third kappa shape index (κ3) is 1.81. The van der Waals surface area contributed by atoms with Crippen LogP contribution in [0.3, 0.4) is 0 Å². The molecule has 2 nitrogen and oxygen atoms in total. The first-order valence-electron chi connectivity index (χ1n) is 7.73.